The Hall–Kier alpha value is -1.42. The number of sulfonamides is 1. The van der Waals surface area contributed by atoms with Gasteiger partial charge in [-0.3, -0.25) is 0 Å². The normalized spacial score (nSPS) is 16.1. The van der Waals surface area contributed by atoms with Crippen LogP contribution in [0.3, 0.4) is 0 Å². The van der Waals surface area contributed by atoms with E-state index < -0.39 is 15.8 Å². The molecule has 1 aromatic carbocycles. The summed E-state index contributed by atoms with van der Waals surface area (Å²) in [6, 6.07) is 3.28. The van der Waals surface area contributed by atoms with Crippen molar-refractivity contribution in [3.8, 4) is 11.8 Å². The Morgan fingerprint density at radius 2 is 2.19 bits per heavy atom. The van der Waals surface area contributed by atoms with Gasteiger partial charge in [-0.1, -0.05) is 11.8 Å². The molecule has 2 rings (SSSR count). The molecule has 0 aliphatic heterocycles. The molecule has 114 valence electrons. The molecule has 1 aliphatic carbocycles. The fraction of sp³-hybridized carbons (Fsp3) is 0.467. The molecule has 0 radical (unpaired) electrons. The van der Waals surface area contributed by atoms with E-state index in [-0.39, 0.29) is 29.5 Å². The SMILES string of the molecule is CC(NS(=O)(=O)c1ccc(F)cc1C#CCCO)C1CC1. The minimum atomic E-state index is -3.73. The van der Waals surface area contributed by atoms with Crippen LogP contribution in [0.5, 0.6) is 0 Å². The maximum absolute atomic E-state index is 13.3. The number of rotatable bonds is 5. The second kappa shape index (κ2) is 6.56. The molecule has 21 heavy (non-hydrogen) atoms. The number of nitrogens with one attached hydrogen (secondary N) is 1. The highest BCUT2D eigenvalue weighted by Crippen LogP contribution is 2.33. The van der Waals surface area contributed by atoms with Crippen LogP contribution < -0.4 is 4.72 Å². The van der Waals surface area contributed by atoms with E-state index in [2.05, 4.69) is 16.6 Å². The third-order valence-corrected chi connectivity index (χ3v) is 4.98. The van der Waals surface area contributed by atoms with Gasteiger partial charge in [-0.15, -0.1) is 0 Å². The first kappa shape index (κ1) is 16.0. The van der Waals surface area contributed by atoms with E-state index in [1.807, 2.05) is 6.92 Å². The molecule has 0 saturated heterocycles. The number of hydrogen-bond donors (Lipinski definition) is 2. The summed E-state index contributed by atoms with van der Waals surface area (Å²) >= 11 is 0. The van der Waals surface area contributed by atoms with Gasteiger partial charge in [-0.2, -0.15) is 0 Å². The minimum absolute atomic E-state index is 0.0261. The Morgan fingerprint density at radius 1 is 1.48 bits per heavy atom. The largest absolute Gasteiger partial charge is 0.395 e. The Labute approximate surface area is 124 Å². The standard InChI is InChI=1S/C15H18FNO3S/c1-11(12-5-6-12)17-21(19,20)15-8-7-14(16)10-13(15)4-2-3-9-18/h7-8,10-12,17-18H,3,5-6,9H2,1H3. The molecule has 1 unspecified atom stereocenters. The van der Waals surface area contributed by atoms with Crippen molar-refractivity contribution >= 4 is 10.0 Å². The van der Waals surface area contributed by atoms with Gasteiger partial charge in [0.25, 0.3) is 0 Å². The molecule has 4 nitrogen and oxygen atoms in total. The lowest BCUT2D eigenvalue weighted by molar-refractivity contribution is 0.305. The lowest BCUT2D eigenvalue weighted by Crippen LogP contribution is -2.34. The number of aliphatic hydroxyl groups excluding tert-OH is 1. The molecule has 0 bridgehead atoms. The molecule has 0 heterocycles. The van der Waals surface area contributed by atoms with Crippen LogP contribution >= 0.6 is 0 Å². The van der Waals surface area contributed by atoms with Gasteiger partial charge in [-0.05, 0) is 43.9 Å². The van der Waals surface area contributed by atoms with Crippen LogP contribution in [0.1, 0.15) is 31.7 Å². The van der Waals surface area contributed by atoms with Gasteiger partial charge in [-0.25, -0.2) is 17.5 Å². The van der Waals surface area contributed by atoms with Gasteiger partial charge in [0.2, 0.25) is 10.0 Å². The van der Waals surface area contributed by atoms with E-state index in [1.54, 1.807) is 0 Å². The van der Waals surface area contributed by atoms with Crippen LogP contribution in [0.25, 0.3) is 0 Å². The van der Waals surface area contributed by atoms with Crippen LogP contribution in [0, 0.1) is 23.6 Å². The summed E-state index contributed by atoms with van der Waals surface area (Å²) in [5.41, 5.74) is 0.110. The van der Waals surface area contributed by atoms with Crippen molar-refractivity contribution in [2.75, 3.05) is 6.61 Å². The zero-order valence-corrected chi connectivity index (χ0v) is 12.6. The van der Waals surface area contributed by atoms with Gasteiger partial charge in [0.1, 0.15) is 5.82 Å². The highest BCUT2D eigenvalue weighted by Gasteiger charge is 2.31. The zero-order chi connectivity index (χ0) is 15.5. The predicted octanol–water partition coefficient (Wildman–Crippen LogP) is 1.64. The first-order valence-corrected chi connectivity index (χ1v) is 8.34. The summed E-state index contributed by atoms with van der Waals surface area (Å²) in [6.45, 7) is 1.71. The molecular weight excluding hydrogens is 293 g/mol. The Morgan fingerprint density at radius 3 is 2.81 bits per heavy atom. The molecule has 0 aromatic heterocycles. The molecule has 1 atom stereocenters. The summed E-state index contributed by atoms with van der Waals surface area (Å²) in [6.07, 6.45) is 2.26. The summed E-state index contributed by atoms with van der Waals surface area (Å²) in [7, 11) is -3.73. The highest BCUT2D eigenvalue weighted by atomic mass is 32.2. The lowest BCUT2D eigenvalue weighted by atomic mass is 10.2. The van der Waals surface area contributed by atoms with Gasteiger partial charge >= 0.3 is 0 Å². The number of halogens is 1. The molecule has 1 saturated carbocycles. The monoisotopic (exact) mass is 311 g/mol. The second-order valence-corrected chi connectivity index (χ2v) is 6.85. The van der Waals surface area contributed by atoms with Gasteiger partial charge in [0, 0.05) is 18.0 Å². The first-order chi connectivity index (χ1) is 9.94. The molecule has 6 heteroatoms. The van der Waals surface area contributed by atoms with Crippen LogP contribution in [0.2, 0.25) is 0 Å². The van der Waals surface area contributed by atoms with E-state index in [0.29, 0.717) is 5.92 Å². The van der Waals surface area contributed by atoms with Crippen molar-refractivity contribution < 1.29 is 17.9 Å². The zero-order valence-electron chi connectivity index (χ0n) is 11.8. The van der Waals surface area contributed by atoms with Crippen molar-refractivity contribution in [1.82, 2.24) is 4.72 Å². The van der Waals surface area contributed by atoms with Gasteiger partial charge in [0.15, 0.2) is 0 Å². The van der Waals surface area contributed by atoms with E-state index in [0.717, 1.165) is 25.0 Å². The van der Waals surface area contributed by atoms with E-state index in [9.17, 15) is 12.8 Å². The quantitative estimate of drug-likeness (QED) is 0.812. The minimum Gasteiger partial charge on any atom is -0.395 e. The lowest BCUT2D eigenvalue weighted by Gasteiger charge is -2.14. The Bertz CT molecular complexity index is 672. The maximum Gasteiger partial charge on any atom is 0.242 e. The third-order valence-electron chi connectivity index (χ3n) is 3.36. The predicted molar refractivity (Wildman–Crippen MR) is 77.5 cm³/mol. The molecule has 1 fully saturated rings. The molecule has 2 N–H and O–H groups in total. The summed E-state index contributed by atoms with van der Waals surface area (Å²) < 4.78 is 40.7. The van der Waals surface area contributed by atoms with E-state index in [1.165, 1.54) is 6.07 Å². The average molecular weight is 311 g/mol. The van der Waals surface area contributed by atoms with Crippen molar-refractivity contribution in [3.63, 3.8) is 0 Å². The van der Waals surface area contributed by atoms with E-state index >= 15 is 0 Å². The highest BCUT2D eigenvalue weighted by molar-refractivity contribution is 7.89. The molecule has 1 aliphatic rings. The van der Waals surface area contributed by atoms with Crippen LogP contribution in [0.15, 0.2) is 23.1 Å². The summed E-state index contributed by atoms with van der Waals surface area (Å²) in [5.74, 6) is 5.07. The molecular formula is C15H18FNO3S. The fourth-order valence-corrected chi connectivity index (χ4v) is 3.50. The molecule has 1 aromatic rings. The van der Waals surface area contributed by atoms with Crippen molar-refractivity contribution in [1.29, 1.82) is 0 Å². The van der Waals surface area contributed by atoms with Crippen molar-refractivity contribution in [3.05, 3.63) is 29.6 Å². The second-order valence-electron chi connectivity index (χ2n) is 5.16. The number of aliphatic hydroxyl groups is 1. The number of hydrogen-bond acceptors (Lipinski definition) is 3. The summed E-state index contributed by atoms with van der Waals surface area (Å²) in [5, 5.41) is 8.71. The van der Waals surface area contributed by atoms with Crippen LogP contribution in [-0.4, -0.2) is 26.2 Å². The third kappa shape index (κ3) is 4.27. The topological polar surface area (TPSA) is 66.4 Å². The average Bonchev–Trinajstić information content (AvgIpc) is 3.22. The number of benzene rings is 1. The van der Waals surface area contributed by atoms with Crippen molar-refractivity contribution in [2.24, 2.45) is 5.92 Å². The van der Waals surface area contributed by atoms with E-state index in [4.69, 9.17) is 5.11 Å². The smallest absolute Gasteiger partial charge is 0.242 e. The van der Waals surface area contributed by atoms with Crippen LogP contribution in [-0.2, 0) is 10.0 Å². The van der Waals surface area contributed by atoms with Crippen molar-refractivity contribution in [2.45, 2.75) is 37.1 Å². The summed E-state index contributed by atoms with van der Waals surface area (Å²) in [4.78, 5) is -0.0261. The Balaban J connectivity index is 2.31. The maximum atomic E-state index is 13.3. The van der Waals surface area contributed by atoms with Gasteiger partial charge in [0.05, 0.1) is 11.5 Å². The molecule has 0 spiro atoms. The Kier molecular flexibility index (Phi) is 4.99. The van der Waals surface area contributed by atoms with Gasteiger partial charge < -0.3 is 5.11 Å². The first-order valence-electron chi connectivity index (χ1n) is 6.85. The van der Waals surface area contributed by atoms with Crippen LogP contribution in [0.4, 0.5) is 4.39 Å². The molecule has 0 amide bonds. The fourth-order valence-electron chi connectivity index (χ4n) is 2.05.